The second kappa shape index (κ2) is 3.87. The molecule has 68 valence electrons. The molecule has 12 heavy (non-hydrogen) atoms. The fourth-order valence-corrected chi connectivity index (χ4v) is 0.694. The molecule has 0 aliphatic carbocycles. The third-order valence-electron chi connectivity index (χ3n) is 1.28. The molecule has 0 N–H and O–H groups in total. The molecule has 0 heterocycles. The summed E-state index contributed by atoms with van der Waals surface area (Å²) in [6, 6.07) is 4.70. The zero-order valence-electron chi connectivity index (χ0n) is 6.00. The first-order chi connectivity index (χ1) is 5.00. The minimum Gasteiger partial charge on any atom is -0.199 e. The predicted molar refractivity (Wildman–Crippen MR) is 35.9 cm³/mol. The van der Waals surface area contributed by atoms with Crippen molar-refractivity contribution in [3.05, 3.63) is 42.3 Å². The molecule has 0 aromatic heterocycles. The maximum absolute atomic E-state index is 11.9. The first-order valence-electron chi connectivity index (χ1n) is 2.99. The van der Waals surface area contributed by atoms with E-state index in [0.717, 1.165) is 12.1 Å². The quantitative estimate of drug-likeness (QED) is 0.461. The molecule has 0 nitrogen and oxygen atoms in total. The number of hydrogen-bond donors (Lipinski definition) is 0. The summed E-state index contributed by atoms with van der Waals surface area (Å²) in [6.07, 6.45) is -4.24. The maximum Gasteiger partial charge on any atom is 0.414 e. The van der Waals surface area contributed by atoms with Crippen molar-refractivity contribution in [2.45, 2.75) is 6.18 Å². The predicted octanol–water partition coefficient (Wildman–Crippen LogP) is 2.89. The van der Waals surface area contributed by atoms with Gasteiger partial charge in [0.15, 0.2) is 0 Å². The van der Waals surface area contributed by atoms with E-state index in [9.17, 15) is 13.2 Å². The Bertz CT molecular complexity index is 237. The molecular formula is C8H6F3Fe-. The molecule has 0 aliphatic rings. The molecule has 1 aromatic carbocycles. The van der Waals surface area contributed by atoms with Gasteiger partial charge in [-0.2, -0.15) is 37.8 Å². The van der Waals surface area contributed by atoms with Gasteiger partial charge in [0.2, 0.25) is 0 Å². The molecule has 0 unspecified atom stereocenters. The summed E-state index contributed by atoms with van der Waals surface area (Å²) >= 11 is 0. The van der Waals surface area contributed by atoms with Crippen LogP contribution in [-0.2, 0) is 23.2 Å². The van der Waals surface area contributed by atoms with Crippen LogP contribution < -0.4 is 0 Å². The SMILES string of the molecule is [CH2-]c1ccc(C(F)(F)F)cc1.[Fe]. The number of rotatable bonds is 0. The minimum atomic E-state index is -4.24. The third kappa shape index (κ3) is 2.80. The molecule has 0 aliphatic heterocycles. The fraction of sp³-hybridized carbons (Fsp3) is 0.125. The second-order valence-corrected chi connectivity index (χ2v) is 2.19. The molecule has 4 heteroatoms. The van der Waals surface area contributed by atoms with E-state index >= 15 is 0 Å². The first kappa shape index (κ1) is 11.4. The van der Waals surface area contributed by atoms with Crippen LogP contribution in [0.25, 0.3) is 0 Å². The summed E-state index contributed by atoms with van der Waals surface area (Å²) in [5, 5.41) is 0. The number of halogens is 3. The summed E-state index contributed by atoms with van der Waals surface area (Å²) in [6.45, 7) is 3.48. The van der Waals surface area contributed by atoms with E-state index in [1.54, 1.807) is 0 Å². The smallest absolute Gasteiger partial charge is 0.199 e. The van der Waals surface area contributed by atoms with Crippen LogP contribution in [0.3, 0.4) is 0 Å². The van der Waals surface area contributed by atoms with Gasteiger partial charge in [-0.3, -0.25) is 0 Å². The van der Waals surface area contributed by atoms with E-state index in [0.29, 0.717) is 5.56 Å². The van der Waals surface area contributed by atoms with Gasteiger partial charge in [0.1, 0.15) is 0 Å². The third-order valence-corrected chi connectivity index (χ3v) is 1.28. The molecular weight excluding hydrogens is 209 g/mol. The molecule has 0 amide bonds. The number of hydrogen-bond acceptors (Lipinski definition) is 0. The van der Waals surface area contributed by atoms with E-state index < -0.39 is 11.7 Å². The van der Waals surface area contributed by atoms with Crippen LogP contribution in [0.4, 0.5) is 13.2 Å². The molecule has 0 saturated carbocycles. The van der Waals surface area contributed by atoms with Crippen molar-refractivity contribution in [3.63, 3.8) is 0 Å². The summed E-state index contributed by atoms with van der Waals surface area (Å²) in [4.78, 5) is 0. The topological polar surface area (TPSA) is 0 Å². The molecule has 0 atom stereocenters. The first-order valence-corrected chi connectivity index (χ1v) is 2.99. The van der Waals surface area contributed by atoms with Crippen molar-refractivity contribution in [1.82, 2.24) is 0 Å². The van der Waals surface area contributed by atoms with Crippen molar-refractivity contribution < 1.29 is 30.2 Å². The fourth-order valence-electron chi connectivity index (χ4n) is 0.694. The number of alkyl halides is 3. The van der Waals surface area contributed by atoms with Gasteiger partial charge in [0.05, 0.1) is 0 Å². The number of benzene rings is 1. The Hall–Kier alpha value is -0.601. The van der Waals surface area contributed by atoms with Gasteiger partial charge < -0.3 is 0 Å². The molecule has 0 fully saturated rings. The van der Waals surface area contributed by atoms with E-state index in [1.165, 1.54) is 12.1 Å². The molecule has 0 spiro atoms. The largest absolute Gasteiger partial charge is 0.414 e. The molecule has 0 bridgehead atoms. The average molecular weight is 215 g/mol. The van der Waals surface area contributed by atoms with Gasteiger partial charge in [0.25, 0.3) is 0 Å². The van der Waals surface area contributed by atoms with Gasteiger partial charge in [-0.25, -0.2) is 0 Å². The Labute approximate surface area is 79.3 Å². The van der Waals surface area contributed by atoms with Gasteiger partial charge in [-0.1, -0.05) is 0 Å². The Morgan fingerprint density at radius 1 is 1.00 bits per heavy atom. The van der Waals surface area contributed by atoms with Crippen molar-refractivity contribution in [2.75, 3.05) is 0 Å². The van der Waals surface area contributed by atoms with Crippen molar-refractivity contribution in [3.8, 4) is 0 Å². The van der Waals surface area contributed by atoms with Crippen LogP contribution in [0.5, 0.6) is 0 Å². The van der Waals surface area contributed by atoms with Gasteiger partial charge in [-0.15, -0.1) is 12.1 Å². The van der Waals surface area contributed by atoms with Crippen LogP contribution in [0, 0.1) is 6.92 Å². The Morgan fingerprint density at radius 3 is 1.75 bits per heavy atom. The summed E-state index contributed by atoms with van der Waals surface area (Å²) < 4.78 is 35.7. The average Bonchev–Trinajstić information content (AvgIpc) is 1.86. The zero-order chi connectivity index (χ0) is 8.48. The van der Waals surface area contributed by atoms with E-state index in [4.69, 9.17) is 0 Å². The van der Waals surface area contributed by atoms with Crippen LogP contribution in [-0.4, -0.2) is 0 Å². The van der Waals surface area contributed by atoms with E-state index in [2.05, 4.69) is 6.92 Å². The molecule has 1 rings (SSSR count). The summed E-state index contributed by atoms with van der Waals surface area (Å²) in [5.74, 6) is 0. The van der Waals surface area contributed by atoms with Crippen molar-refractivity contribution in [1.29, 1.82) is 0 Å². The van der Waals surface area contributed by atoms with E-state index in [-0.39, 0.29) is 17.1 Å². The zero-order valence-corrected chi connectivity index (χ0v) is 7.11. The maximum atomic E-state index is 11.9. The monoisotopic (exact) mass is 215 g/mol. The molecule has 1 aromatic rings. The summed E-state index contributed by atoms with van der Waals surface area (Å²) in [5.41, 5.74) is -0.0529. The van der Waals surface area contributed by atoms with Crippen LogP contribution >= 0.6 is 0 Å². The Morgan fingerprint density at radius 2 is 1.42 bits per heavy atom. The Balaban J connectivity index is 0.00000121. The van der Waals surface area contributed by atoms with Crippen LogP contribution in [0.15, 0.2) is 24.3 Å². The molecule has 0 radical (unpaired) electrons. The van der Waals surface area contributed by atoms with Crippen LogP contribution in [0.2, 0.25) is 0 Å². The van der Waals surface area contributed by atoms with Gasteiger partial charge in [-0.05, 0) is 0 Å². The van der Waals surface area contributed by atoms with Crippen LogP contribution in [0.1, 0.15) is 11.1 Å². The Kier molecular flexibility index (Phi) is 3.68. The standard InChI is InChI=1S/C8H6F3.Fe/c1-6-2-4-7(5-3-6)8(9,10)11;/h2-5H,1H2;/q-1;. The minimum absolute atomic E-state index is 0. The van der Waals surface area contributed by atoms with Gasteiger partial charge >= 0.3 is 6.18 Å². The summed E-state index contributed by atoms with van der Waals surface area (Å²) in [7, 11) is 0. The van der Waals surface area contributed by atoms with Gasteiger partial charge in [0, 0.05) is 22.6 Å². The molecule has 0 saturated heterocycles. The van der Waals surface area contributed by atoms with E-state index in [1.807, 2.05) is 0 Å². The van der Waals surface area contributed by atoms with Crippen molar-refractivity contribution >= 4 is 0 Å². The second-order valence-electron chi connectivity index (χ2n) is 2.19. The normalized spacial score (nSPS) is 10.6. The van der Waals surface area contributed by atoms with Crippen molar-refractivity contribution in [2.24, 2.45) is 0 Å².